The number of carboxylic acids is 1. The molecule has 0 saturated carbocycles. The lowest BCUT2D eigenvalue weighted by Gasteiger charge is -2.19. The SMILES string of the molecule is CCCN(CC(=O)O)C(=O)c1ccc(F)cn1. The number of carbonyl (C=O) groups is 2. The average Bonchev–Trinajstić information content (AvgIpc) is 2.28. The number of pyridine rings is 1. The number of rotatable bonds is 5. The fraction of sp³-hybridized carbons (Fsp3) is 0.364. The van der Waals surface area contributed by atoms with Gasteiger partial charge in [-0.25, -0.2) is 9.37 Å². The lowest BCUT2D eigenvalue weighted by Crippen LogP contribution is -2.36. The molecule has 0 bridgehead atoms. The van der Waals surface area contributed by atoms with Crippen LogP contribution in [0.5, 0.6) is 0 Å². The van der Waals surface area contributed by atoms with E-state index in [1.165, 1.54) is 11.0 Å². The summed E-state index contributed by atoms with van der Waals surface area (Å²) in [6.07, 6.45) is 1.57. The molecule has 17 heavy (non-hydrogen) atoms. The molecule has 1 aromatic heterocycles. The number of amides is 1. The third kappa shape index (κ3) is 3.82. The predicted molar refractivity (Wildman–Crippen MR) is 58.0 cm³/mol. The molecule has 5 nitrogen and oxygen atoms in total. The molecule has 0 saturated heterocycles. The van der Waals surface area contributed by atoms with Gasteiger partial charge in [0.05, 0.1) is 6.20 Å². The Bertz CT molecular complexity index is 406. The molecule has 1 N–H and O–H groups in total. The monoisotopic (exact) mass is 240 g/mol. The predicted octanol–water partition coefficient (Wildman–Crippen LogP) is 1.16. The van der Waals surface area contributed by atoms with Gasteiger partial charge in [0.2, 0.25) is 0 Å². The Morgan fingerprint density at radius 1 is 1.47 bits per heavy atom. The van der Waals surface area contributed by atoms with Gasteiger partial charge in [-0.15, -0.1) is 0 Å². The van der Waals surface area contributed by atoms with Gasteiger partial charge in [0.15, 0.2) is 0 Å². The van der Waals surface area contributed by atoms with Crippen LogP contribution in [-0.2, 0) is 4.79 Å². The third-order valence-electron chi connectivity index (χ3n) is 2.05. The first kappa shape index (κ1) is 13.1. The summed E-state index contributed by atoms with van der Waals surface area (Å²) in [5, 5.41) is 8.68. The normalized spacial score (nSPS) is 10.0. The number of aromatic nitrogens is 1. The number of aliphatic carboxylic acids is 1. The van der Waals surface area contributed by atoms with E-state index < -0.39 is 17.7 Å². The molecule has 6 heteroatoms. The molecule has 1 rings (SSSR count). The maximum absolute atomic E-state index is 12.6. The number of carbonyl (C=O) groups excluding carboxylic acids is 1. The molecule has 0 atom stereocenters. The Morgan fingerprint density at radius 3 is 2.65 bits per heavy atom. The molecule has 0 spiro atoms. The van der Waals surface area contributed by atoms with Gasteiger partial charge in [-0.3, -0.25) is 9.59 Å². The Morgan fingerprint density at radius 2 is 2.18 bits per heavy atom. The maximum atomic E-state index is 12.6. The molecule has 0 aliphatic heterocycles. The van der Waals surface area contributed by atoms with Gasteiger partial charge in [-0.1, -0.05) is 6.92 Å². The molecule has 1 aromatic rings. The van der Waals surface area contributed by atoms with Gasteiger partial charge in [-0.2, -0.15) is 0 Å². The summed E-state index contributed by atoms with van der Waals surface area (Å²) in [5.41, 5.74) is 0.0427. The van der Waals surface area contributed by atoms with Crippen molar-refractivity contribution in [3.05, 3.63) is 29.8 Å². The number of hydrogen-bond acceptors (Lipinski definition) is 3. The maximum Gasteiger partial charge on any atom is 0.323 e. The van der Waals surface area contributed by atoms with E-state index in [1.54, 1.807) is 0 Å². The zero-order valence-corrected chi connectivity index (χ0v) is 9.39. The Hall–Kier alpha value is -1.98. The zero-order valence-electron chi connectivity index (χ0n) is 9.39. The standard InChI is InChI=1S/C11H13FN2O3/c1-2-5-14(7-10(15)16)11(17)9-4-3-8(12)6-13-9/h3-4,6H,2,5,7H2,1H3,(H,15,16). The first-order valence-electron chi connectivity index (χ1n) is 5.17. The van der Waals surface area contributed by atoms with Crippen LogP contribution in [0.1, 0.15) is 23.8 Å². The number of nitrogens with zero attached hydrogens (tertiary/aromatic N) is 2. The van der Waals surface area contributed by atoms with Gasteiger partial charge >= 0.3 is 5.97 Å². The Balaban J connectivity index is 2.83. The second-order valence-corrected chi connectivity index (χ2v) is 3.48. The van der Waals surface area contributed by atoms with Crippen molar-refractivity contribution >= 4 is 11.9 Å². The van der Waals surface area contributed by atoms with E-state index in [4.69, 9.17) is 5.11 Å². The summed E-state index contributed by atoms with van der Waals surface area (Å²) in [4.78, 5) is 27.3. The van der Waals surface area contributed by atoms with E-state index in [2.05, 4.69) is 4.98 Å². The summed E-state index contributed by atoms with van der Waals surface area (Å²) in [5.74, 6) is -2.13. The van der Waals surface area contributed by atoms with Gasteiger partial charge in [-0.05, 0) is 18.6 Å². The molecular formula is C11H13FN2O3. The fourth-order valence-electron chi connectivity index (χ4n) is 1.35. The van der Waals surface area contributed by atoms with E-state index >= 15 is 0 Å². The van der Waals surface area contributed by atoms with Crippen LogP contribution in [-0.4, -0.2) is 40.0 Å². The lowest BCUT2D eigenvalue weighted by molar-refractivity contribution is -0.137. The summed E-state index contributed by atoms with van der Waals surface area (Å²) in [7, 11) is 0. The summed E-state index contributed by atoms with van der Waals surface area (Å²) < 4.78 is 12.6. The topological polar surface area (TPSA) is 70.5 Å². The summed E-state index contributed by atoms with van der Waals surface area (Å²) >= 11 is 0. The highest BCUT2D eigenvalue weighted by atomic mass is 19.1. The van der Waals surface area contributed by atoms with E-state index in [-0.39, 0.29) is 12.2 Å². The lowest BCUT2D eigenvalue weighted by atomic mass is 10.3. The second kappa shape index (κ2) is 5.93. The van der Waals surface area contributed by atoms with E-state index in [1.807, 2.05) is 6.92 Å². The minimum atomic E-state index is -1.09. The van der Waals surface area contributed by atoms with E-state index in [9.17, 15) is 14.0 Å². The third-order valence-corrected chi connectivity index (χ3v) is 2.05. The van der Waals surface area contributed by atoms with Crippen molar-refractivity contribution in [2.24, 2.45) is 0 Å². The van der Waals surface area contributed by atoms with Crippen molar-refractivity contribution in [1.29, 1.82) is 0 Å². The smallest absolute Gasteiger partial charge is 0.323 e. The Kier molecular flexibility index (Phi) is 4.56. The molecule has 0 aromatic carbocycles. The van der Waals surface area contributed by atoms with Crippen LogP contribution in [0.3, 0.4) is 0 Å². The number of halogens is 1. The van der Waals surface area contributed by atoms with Crippen molar-refractivity contribution in [2.45, 2.75) is 13.3 Å². The van der Waals surface area contributed by atoms with E-state index in [0.29, 0.717) is 13.0 Å². The molecule has 0 fully saturated rings. The van der Waals surface area contributed by atoms with Crippen LogP contribution < -0.4 is 0 Å². The van der Waals surface area contributed by atoms with Crippen LogP contribution in [0.15, 0.2) is 18.3 Å². The second-order valence-electron chi connectivity index (χ2n) is 3.48. The van der Waals surface area contributed by atoms with Crippen molar-refractivity contribution in [3.8, 4) is 0 Å². The molecule has 1 amide bonds. The van der Waals surface area contributed by atoms with Crippen LogP contribution in [0.25, 0.3) is 0 Å². The summed E-state index contributed by atoms with van der Waals surface area (Å²) in [6.45, 7) is 1.77. The fourth-order valence-corrected chi connectivity index (χ4v) is 1.35. The molecular weight excluding hydrogens is 227 g/mol. The van der Waals surface area contributed by atoms with Gasteiger partial charge in [0, 0.05) is 6.54 Å². The highest BCUT2D eigenvalue weighted by molar-refractivity contribution is 5.94. The van der Waals surface area contributed by atoms with Gasteiger partial charge in [0.1, 0.15) is 18.1 Å². The van der Waals surface area contributed by atoms with Crippen molar-refractivity contribution in [3.63, 3.8) is 0 Å². The largest absolute Gasteiger partial charge is 0.480 e. The quantitative estimate of drug-likeness (QED) is 0.838. The first-order chi connectivity index (χ1) is 8.04. The highest BCUT2D eigenvalue weighted by Gasteiger charge is 2.18. The number of carboxylic acid groups (broad SMARTS) is 1. The van der Waals surface area contributed by atoms with Crippen LogP contribution in [0.2, 0.25) is 0 Å². The first-order valence-corrected chi connectivity index (χ1v) is 5.17. The van der Waals surface area contributed by atoms with Crippen LogP contribution in [0.4, 0.5) is 4.39 Å². The highest BCUT2D eigenvalue weighted by Crippen LogP contribution is 2.04. The molecule has 0 unspecified atom stereocenters. The minimum absolute atomic E-state index is 0.0427. The molecule has 92 valence electrons. The van der Waals surface area contributed by atoms with Gasteiger partial charge < -0.3 is 10.0 Å². The van der Waals surface area contributed by atoms with Crippen LogP contribution >= 0.6 is 0 Å². The molecule has 0 aliphatic carbocycles. The van der Waals surface area contributed by atoms with Crippen LogP contribution in [0, 0.1) is 5.82 Å². The number of hydrogen-bond donors (Lipinski definition) is 1. The minimum Gasteiger partial charge on any atom is -0.480 e. The molecule has 1 heterocycles. The molecule has 0 aliphatic rings. The van der Waals surface area contributed by atoms with Crippen molar-refractivity contribution in [1.82, 2.24) is 9.88 Å². The van der Waals surface area contributed by atoms with Crippen molar-refractivity contribution in [2.75, 3.05) is 13.1 Å². The zero-order chi connectivity index (χ0) is 12.8. The Labute approximate surface area is 97.9 Å². The summed E-state index contributed by atoms with van der Waals surface area (Å²) in [6, 6.07) is 2.35. The van der Waals surface area contributed by atoms with Crippen molar-refractivity contribution < 1.29 is 19.1 Å². The van der Waals surface area contributed by atoms with Gasteiger partial charge in [0.25, 0.3) is 5.91 Å². The molecule has 0 radical (unpaired) electrons. The van der Waals surface area contributed by atoms with E-state index in [0.717, 1.165) is 12.3 Å². The average molecular weight is 240 g/mol.